The third kappa shape index (κ3) is 2.56. The zero-order chi connectivity index (χ0) is 13.1. The first kappa shape index (κ1) is 12.7. The lowest BCUT2D eigenvalue weighted by atomic mass is 10.1. The molecule has 18 heavy (non-hydrogen) atoms. The Hall–Kier alpha value is -1.75. The van der Waals surface area contributed by atoms with Gasteiger partial charge in [-0.15, -0.1) is 0 Å². The predicted octanol–water partition coefficient (Wildman–Crippen LogP) is 0.936. The first-order valence-corrected chi connectivity index (χ1v) is 6.01. The molecule has 0 saturated heterocycles. The van der Waals surface area contributed by atoms with Crippen molar-refractivity contribution < 1.29 is 14.3 Å². The van der Waals surface area contributed by atoms with Gasteiger partial charge in [-0.05, 0) is 19.1 Å². The lowest BCUT2D eigenvalue weighted by Crippen LogP contribution is -2.31. The smallest absolute Gasteiger partial charge is 0.260 e. The van der Waals surface area contributed by atoms with Crippen LogP contribution in [-0.4, -0.2) is 37.6 Å². The molecule has 0 radical (unpaired) electrons. The molecule has 2 N–H and O–H groups in total. The van der Waals surface area contributed by atoms with Gasteiger partial charge in [0.15, 0.2) is 6.61 Å². The van der Waals surface area contributed by atoms with E-state index in [1.54, 1.807) is 18.0 Å². The number of fused-ring (bicyclic) bond motifs is 1. The third-order valence-electron chi connectivity index (χ3n) is 3.07. The summed E-state index contributed by atoms with van der Waals surface area (Å²) in [6.07, 6.45) is 0. The van der Waals surface area contributed by atoms with Gasteiger partial charge in [-0.3, -0.25) is 4.79 Å². The zero-order valence-electron chi connectivity index (χ0n) is 10.7. The fourth-order valence-corrected chi connectivity index (χ4v) is 1.74. The molecule has 5 heteroatoms. The van der Waals surface area contributed by atoms with Crippen molar-refractivity contribution in [3.8, 4) is 11.5 Å². The number of nitrogens with zero attached hydrogens (tertiary/aromatic N) is 1. The minimum Gasteiger partial charge on any atom is -0.491 e. The van der Waals surface area contributed by atoms with Crippen molar-refractivity contribution in [1.29, 1.82) is 0 Å². The maximum absolute atomic E-state index is 11.6. The number of carbonyl (C=O) groups excluding carboxylic acids is 1. The van der Waals surface area contributed by atoms with Gasteiger partial charge in [-0.2, -0.15) is 0 Å². The fraction of sp³-hybridized carbons (Fsp3) is 0.462. The van der Waals surface area contributed by atoms with Gasteiger partial charge >= 0.3 is 0 Å². The summed E-state index contributed by atoms with van der Waals surface area (Å²) < 4.78 is 10.9. The molecule has 0 spiro atoms. The zero-order valence-corrected chi connectivity index (χ0v) is 10.7. The Morgan fingerprint density at radius 3 is 3.11 bits per heavy atom. The van der Waals surface area contributed by atoms with Crippen molar-refractivity contribution in [3.05, 3.63) is 23.8 Å². The van der Waals surface area contributed by atoms with Gasteiger partial charge in [0.1, 0.15) is 18.1 Å². The van der Waals surface area contributed by atoms with Gasteiger partial charge in [0, 0.05) is 25.2 Å². The number of rotatable bonds is 4. The minimum absolute atomic E-state index is 0.0369. The average molecular weight is 250 g/mol. The van der Waals surface area contributed by atoms with E-state index in [9.17, 15) is 4.79 Å². The van der Waals surface area contributed by atoms with Gasteiger partial charge in [0.05, 0.1) is 6.04 Å². The Bertz CT molecular complexity index is 448. The molecule has 1 atom stereocenters. The molecule has 0 bridgehead atoms. The molecular formula is C13H18N2O3. The van der Waals surface area contributed by atoms with Crippen molar-refractivity contribution in [1.82, 2.24) is 4.90 Å². The topological polar surface area (TPSA) is 64.8 Å². The molecule has 0 aliphatic carbocycles. The average Bonchev–Trinajstić information content (AvgIpc) is 2.76. The van der Waals surface area contributed by atoms with Crippen molar-refractivity contribution in [2.75, 3.05) is 26.8 Å². The molecule has 5 nitrogen and oxygen atoms in total. The minimum atomic E-state index is -0.0677. The molecule has 0 saturated carbocycles. The summed E-state index contributed by atoms with van der Waals surface area (Å²) in [6.45, 7) is 3.12. The highest BCUT2D eigenvalue weighted by Crippen LogP contribution is 2.33. The number of carbonyl (C=O) groups is 1. The van der Waals surface area contributed by atoms with Crippen LogP contribution in [0.2, 0.25) is 0 Å². The van der Waals surface area contributed by atoms with E-state index in [4.69, 9.17) is 15.2 Å². The van der Waals surface area contributed by atoms with Gasteiger partial charge in [0.2, 0.25) is 0 Å². The summed E-state index contributed by atoms with van der Waals surface area (Å²) in [5.41, 5.74) is 6.84. The Labute approximate surface area is 106 Å². The first-order valence-electron chi connectivity index (χ1n) is 6.01. The molecule has 0 fully saturated rings. The number of hydrogen-bond acceptors (Lipinski definition) is 4. The van der Waals surface area contributed by atoms with Gasteiger partial charge < -0.3 is 20.1 Å². The standard InChI is InChI=1S/C13H18N2O3/c1-3-15(2)13(16)8-17-9-4-5-10-11(14)7-18-12(10)6-9/h4-6,11H,3,7-8,14H2,1-2H3. The van der Waals surface area contributed by atoms with Crippen LogP contribution >= 0.6 is 0 Å². The molecule has 1 aliphatic heterocycles. The number of amides is 1. The number of hydrogen-bond donors (Lipinski definition) is 1. The molecule has 98 valence electrons. The fourth-order valence-electron chi connectivity index (χ4n) is 1.74. The molecule has 0 aromatic heterocycles. The molecule has 1 heterocycles. The van der Waals surface area contributed by atoms with Crippen LogP contribution in [-0.2, 0) is 4.79 Å². The Balaban J connectivity index is 1.97. The van der Waals surface area contributed by atoms with Gasteiger partial charge in [-0.1, -0.05) is 0 Å². The highest BCUT2D eigenvalue weighted by atomic mass is 16.5. The van der Waals surface area contributed by atoms with Crippen LogP contribution in [0, 0.1) is 0 Å². The maximum Gasteiger partial charge on any atom is 0.260 e. The summed E-state index contributed by atoms with van der Waals surface area (Å²) in [5.74, 6) is 1.33. The quantitative estimate of drug-likeness (QED) is 0.863. The van der Waals surface area contributed by atoms with Gasteiger partial charge in [0.25, 0.3) is 5.91 Å². The van der Waals surface area contributed by atoms with E-state index < -0.39 is 0 Å². The second kappa shape index (κ2) is 5.27. The molecule has 2 rings (SSSR count). The van der Waals surface area contributed by atoms with Crippen molar-refractivity contribution in [3.63, 3.8) is 0 Å². The molecule has 1 aliphatic rings. The van der Waals surface area contributed by atoms with E-state index in [1.165, 1.54) is 0 Å². The van der Waals surface area contributed by atoms with E-state index in [0.29, 0.717) is 18.9 Å². The second-order valence-electron chi connectivity index (χ2n) is 4.31. The van der Waals surface area contributed by atoms with E-state index in [2.05, 4.69) is 0 Å². The number of likely N-dealkylation sites (N-methyl/N-ethyl adjacent to an activating group) is 1. The van der Waals surface area contributed by atoms with Crippen LogP contribution in [0.25, 0.3) is 0 Å². The number of benzene rings is 1. The second-order valence-corrected chi connectivity index (χ2v) is 4.31. The monoisotopic (exact) mass is 250 g/mol. The summed E-state index contributed by atoms with van der Waals surface area (Å²) in [6, 6.07) is 5.41. The molecule has 1 amide bonds. The maximum atomic E-state index is 11.6. The van der Waals surface area contributed by atoms with Crippen molar-refractivity contribution in [2.24, 2.45) is 5.73 Å². The lowest BCUT2D eigenvalue weighted by molar-refractivity contribution is -0.131. The van der Waals surface area contributed by atoms with E-state index in [-0.39, 0.29) is 18.6 Å². The van der Waals surface area contributed by atoms with Crippen molar-refractivity contribution >= 4 is 5.91 Å². The summed E-state index contributed by atoms with van der Waals surface area (Å²) in [7, 11) is 1.75. The molecule has 1 aromatic carbocycles. The van der Waals surface area contributed by atoms with Crippen LogP contribution in [0.1, 0.15) is 18.5 Å². The van der Waals surface area contributed by atoms with E-state index in [1.807, 2.05) is 19.1 Å². The summed E-state index contributed by atoms with van der Waals surface area (Å²) in [4.78, 5) is 13.2. The SMILES string of the molecule is CCN(C)C(=O)COc1ccc2c(c1)OCC2N. The Kier molecular flexibility index (Phi) is 3.72. The lowest BCUT2D eigenvalue weighted by Gasteiger charge is -2.15. The van der Waals surface area contributed by atoms with Crippen LogP contribution in [0.3, 0.4) is 0 Å². The highest BCUT2D eigenvalue weighted by Gasteiger charge is 2.21. The summed E-state index contributed by atoms with van der Waals surface area (Å²) in [5, 5.41) is 0. The van der Waals surface area contributed by atoms with Crippen LogP contribution in [0.4, 0.5) is 0 Å². The molecular weight excluding hydrogens is 232 g/mol. The third-order valence-corrected chi connectivity index (χ3v) is 3.07. The van der Waals surface area contributed by atoms with E-state index >= 15 is 0 Å². The first-order chi connectivity index (χ1) is 8.61. The number of nitrogens with two attached hydrogens (primary N) is 1. The molecule has 1 unspecified atom stereocenters. The number of ether oxygens (including phenoxy) is 2. The largest absolute Gasteiger partial charge is 0.491 e. The highest BCUT2D eigenvalue weighted by molar-refractivity contribution is 5.77. The normalized spacial score (nSPS) is 16.9. The van der Waals surface area contributed by atoms with Crippen LogP contribution in [0.5, 0.6) is 11.5 Å². The molecule has 1 aromatic rings. The van der Waals surface area contributed by atoms with Gasteiger partial charge in [-0.25, -0.2) is 0 Å². The van der Waals surface area contributed by atoms with Crippen LogP contribution in [0.15, 0.2) is 18.2 Å². The Morgan fingerprint density at radius 1 is 1.61 bits per heavy atom. The van der Waals surface area contributed by atoms with E-state index in [0.717, 1.165) is 11.3 Å². The predicted molar refractivity (Wildman–Crippen MR) is 67.7 cm³/mol. The van der Waals surface area contributed by atoms with Crippen molar-refractivity contribution in [2.45, 2.75) is 13.0 Å². The van der Waals surface area contributed by atoms with Crippen LogP contribution < -0.4 is 15.2 Å². The Morgan fingerprint density at radius 2 is 2.39 bits per heavy atom. The summed E-state index contributed by atoms with van der Waals surface area (Å²) >= 11 is 0.